The van der Waals surface area contributed by atoms with Gasteiger partial charge in [0.1, 0.15) is 18.0 Å². The predicted molar refractivity (Wildman–Crippen MR) is 91.4 cm³/mol. The summed E-state index contributed by atoms with van der Waals surface area (Å²) in [6, 6.07) is 7.06. The van der Waals surface area contributed by atoms with E-state index in [2.05, 4.69) is 19.2 Å². The molecule has 1 atom stereocenters. The van der Waals surface area contributed by atoms with Crippen molar-refractivity contribution >= 4 is 11.9 Å². The molecule has 0 radical (unpaired) electrons. The van der Waals surface area contributed by atoms with Crippen molar-refractivity contribution in [3.05, 3.63) is 24.3 Å². The zero-order valence-electron chi connectivity index (χ0n) is 14.4. The van der Waals surface area contributed by atoms with E-state index in [1.54, 1.807) is 24.3 Å². The highest BCUT2D eigenvalue weighted by molar-refractivity contribution is 5.82. The number of benzene rings is 1. The topological polar surface area (TPSA) is 84.9 Å². The molecular weight excluding hydrogens is 310 g/mol. The molecule has 0 saturated carbocycles. The van der Waals surface area contributed by atoms with Crippen LogP contribution < -0.4 is 14.8 Å². The molecule has 1 unspecified atom stereocenters. The lowest BCUT2D eigenvalue weighted by molar-refractivity contribution is -0.138. The van der Waals surface area contributed by atoms with E-state index in [0.29, 0.717) is 18.3 Å². The smallest absolute Gasteiger partial charge is 0.322 e. The van der Waals surface area contributed by atoms with Gasteiger partial charge in [0.2, 0.25) is 0 Å². The number of amides is 1. The Balaban J connectivity index is 2.34. The van der Waals surface area contributed by atoms with Gasteiger partial charge >= 0.3 is 5.97 Å². The van der Waals surface area contributed by atoms with Gasteiger partial charge in [-0.3, -0.25) is 9.59 Å². The second-order valence-corrected chi connectivity index (χ2v) is 5.66. The third-order valence-electron chi connectivity index (χ3n) is 3.66. The largest absolute Gasteiger partial charge is 0.493 e. The summed E-state index contributed by atoms with van der Waals surface area (Å²) in [5.74, 6) is 0.311. The van der Waals surface area contributed by atoms with E-state index in [0.717, 1.165) is 12.2 Å². The minimum absolute atomic E-state index is 0.220. The molecule has 2 N–H and O–H groups in total. The minimum atomic E-state index is -1.09. The minimum Gasteiger partial charge on any atom is -0.493 e. The molecule has 6 nitrogen and oxygen atoms in total. The van der Waals surface area contributed by atoms with Crippen LogP contribution in [0, 0.1) is 5.92 Å². The van der Waals surface area contributed by atoms with Crippen molar-refractivity contribution in [3.63, 3.8) is 0 Å². The molecule has 1 rings (SSSR count). The number of rotatable bonds is 12. The molecule has 0 bridgehead atoms. The first-order valence-corrected chi connectivity index (χ1v) is 8.39. The van der Waals surface area contributed by atoms with Gasteiger partial charge in [0, 0.05) is 0 Å². The highest BCUT2D eigenvalue weighted by Gasteiger charge is 2.08. The maximum absolute atomic E-state index is 11.4. The lowest BCUT2D eigenvalue weighted by atomic mass is 10.0. The Morgan fingerprint density at radius 2 is 1.75 bits per heavy atom. The zero-order chi connectivity index (χ0) is 17.8. The lowest BCUT2D eigenvalue weighted by Crippen LogP contribution is -2.33. The molecule has 1 amide bonds. The van der Waals surface area contributed by atoms with Gasteiger partial charge in [-0.05, 0) is 36.6 Å². The molecule has 0 aliphatic carbocycles. The third-order valence-corrected chi connectivity index (χ3v) is 3.66. The molecule has 0 aliphatic heterocycles. The van der Waals surface area contributed by atoms with E-state index < -0.39 is 18.4 Å². The Labute approximate surface area is 143 Å². The lowest BCUT2D eigenvalue weighted by Gasteiger charge is -2.15. The number of ether oxygens (including phenoxy) is 2. The molecule has 0 aromatic heterocycles. The van der Waals surface area contributed by atoms with Gasteiger partial charge in [0.15, 0.2) is 6.61 Å². The molecule has 24 heavy (non-hydrogen) atoms. The standard InChI is InChI=1S/C18H27NO5/c1-3-5-6-14(4-2)12-23-15-7-9-16(10-8-15)24-13-17(20)19-11-18(21)22/h7-10,14H,3-6,11-13H2,1-2H3,(H,19,20)(H,21,22). The number of unbranched alkanes of at least 4 members (excludes halogenated alkanes) is 1. The molecule has 0 fully saturated rings. The van der Waals surface area contributed by atoms with E-state index in [9.17, 15) is 9.59 Å². The first-order chi connectivity index (χ1) is 11.5. The van der Waals surface area contributed by atoms with E-state index >= 15 is 0 Å². The predicted octanol–water partition coefficient (Wildman–Crippen LogP) is 2.86. The maximum Gasteiger partial charge on any atom is 0.322 e. The van der Waals surface area contributed by atoms with Crippen LogP contribution in [0.4, 0.5) is 0 Å². The highest BCUT2D eigenvalue weighted by atomic mass is 16.5. The van der Waals surface area contributed by atoms with Crippen molar-refractivity contribution in [1.82, 2.24) is 5.32 Å². The quantitative estimate of drug-likeness (QED) is 0.612. The average molecular weight is 337 g/mol. The normalized spacial score (nSPS) is 11.6. The number of nitrogens with one attached hydrogen (secondary N) is 1. The van der Waals surface area contributed by atoms with Crippen LogP contribution in [-0.4, -0.2) is 36.7 Å². The van der Waals surface area contributed by atoms with Gasteiger partial charge in [0.05, 0.1) is 6.61 Å². The number of carboxylic acid groups (broad SMARTS) is 1. The number of carbonyl (C=O) groups is 2. The van der Waals surface area contributed by atoms with Crippen molar-refractivity contribution in [2.24, 2.45) is 5.92 Å². The first-order valence-electron chi connectivity index (χ1n) is 8.39. The summed E-state index contributed by atoms with van der Waals surface area (Å²) in [6.45, 7) is 4.44. The van der Waals surface area contributed by atoms with Crippen LogP contribution in [0.3, 0.4) is 0 Å². The number of carbonyl (C=O) groups excluding carboxylic acids is 1. The SMILES string of the molecule is CCCCC(CC)COc1ccc(OCC(=O)NCC(=O)O)cc1. The van der Waals surface area contributed by atoms with Crippen LogP contribution in [0.15, 0.2) is 24.3 Å². The van der Waals surface area contributed by atoms with E-state index in [-0.39, 0.29) is 6.61 Å². The summed E-state index contributed by atoms with van der Waals surface area (Å²) < 4.78 is 11.1. The van der Waals surface area contributed by atoms with Crippen LogP contribution in [0.25, 0.3) is 0 Å². The summed E-state index contributed by atoms with van der Waals surface area (Å²) in [7, 11) is 0. The summed E-state index contributed by atoms with van der Waals surface area (Å²) in [6.07, 6.45) is 4.70. The Kier molecular flexibility index (Phi) is 9.34. The van der Waals surface area contributed by atoms with E-state index in [4.69, 9.17) is 14.6 Å². The van der Waals surface area contributed by atoms with Gasteiger partial charge in [-0.15, -0.1) is 0 Å². The van der Waals surface area contributed by atoms with Gasteiger partial charge in [0.25, 0.3) is 5.91 Å². The number of aliphatic carboxylic acids is 1. The fourth-order valence-corrected chi connectivity index (χ4v) is 2.12. The highest BCUT2D eigenvalue weighted by Crippen LogP contribution is 2.20. The second-order valence-electron chi connectivity index (χ2n) is 5.66. The fourth-order valence-electron chi connectivity index (χ4n) is 2.12. The van der Waals surface area contributed by atoms with Crippen LogP contribution >= 0.6 is 0 Å². The Morgan fingerprint density at radius 1 is 1.12 bits per heavy atom. The van der Waals surface area contributed by atoms with E-state index in [1.165, 1.54) is 19.3 Å². The fraction of sp³-hybridized carbons (Fsp3) is 0.556. The van der Waals surface area contributed by atoms with Crippen LogP contribution in [0.2, 0.25) is 0 Å². The Hall–Kier alpha value is -2.24. The van der Waals surface area contributed by atoms with Crippen molar-refractivity contribution in [1.29, 1.82) is 0 Å². The van der Waals surface area contributed by atoms with Gasteiger partial charge in [-0.1, -0.05) is 33.1 Å². The van der Waals surface area contributed by atoms with Crippen molar-refractivity contribution in [3.8, 4) is 11.5 Å². The molecule has 6 heteroatoms. The van der Waals surface area contributed by atoms with Gasteiger partial charge in [-0.25, -0.2) is 0 Å². The molecule has 1 aromatic carbocycles. The molecule has 0 aliphatic rings. The molecule has 0 spiro atoms. The van der Waals surface area contributed by atoms with Crippen molar-refractivity contribution in [2.75, 3.05) is 19.8 Å². The maximum atomic E-state index is 11.4. The number of hydrogen-bond donors (Lipinski definition) is 2. The first kappa shape index (κ1) is 19.8. The monoisotopic (exact) mass is 337 g/mol. The Morgan fingerprint density at radius 3 is 2.29 bits per heavy atom. The van der Waals surface area contributed by atoms with Crippen LogP contribution in [0.5, 0.6) is 11.5 Å². The van der Waals surface area contributed by atoms with Crippen molar-refractivity contribution < 1.29 is 24.2 Å². The molecule has 0 saturated heterocycles. The molecule has 0 heterocycles. The number of carboxylic acids is 1. The zero-order valence-corrected chi connectivity index (χ0v) is 14.4. The number of hydrogen-bond acceptors (Lipinski definition) is 4. The van der Waals surface area contributed by atoms with Gasteiger partial charge in [-0.2, -0.15) is 0 Å². The summed E-state index contributed by atoms with van der Waals surface area (Å²) in [5.41, 5.74) is 0. The molecular formula is C18H27NO5. The second kappa shape index (κ2) is 11.3. The molecule has 1 aromatic rings. The van der Waals surface area contributed by atoms with E-state index in [1.807, 2.05) is 0 Å². The third kappa shape index (κ3) is 8.41. The average Bonchev–Trinajstić information content (AvgIpc) is 2.59. The summed E-state index contributed by atoms with van der Waals surface area (Å²) >= 11 is 0. The van der Waals surface area contributed by atoms with Crippen molar-refractivity contribution in [2.45, 2.75) is 39.5 Å². The molecule has 134 valence electrons. The van der Waals surface area contributed by atoms with Crippen LogP contribution in [-0.2, 0) is 9.59 Å². The Bertz CT molecular complexity index is 501. The van der Waals surface area contributed by atoms with Gasteiger partial charge < -0.3 is 19.9 Å². The van der Waals surface area contributed by atoms with Crippen LogP contribution in [0.1, 0.15) is 39.5 Å². The summed E-state index contributed by atoms with van der Waals surface area (Å²) in [5, 5.41) is 10.7. The summed E-state index contributed by atoms with van der Waals surface area (Å²) in [4.78, 5) is 21.7.